The molecule has 2 heterocycles. The molecule has 7 nitrogen and oxygen atoms in total. The number of nitrogens with zero attached hydrogens (tertiary/aromatic N) is 2. The summed E-state index contributed by atoms with van der Waals surface area (Å²) in [6.07, 6.45) is 2.65. The van der Waals surface area contributed by atoms with Gasteiger partial charge >= 0.3 is 6.03 Å². The van der Waals surface area contributed by atoms with Crippen LogP contribution in [0.1, 0.15) is 50.7 Å². The average molecular weight is 369 g/mol. The number of nitrogens with one attached hydrogen (secondary N) is 1. The van der Waals surface area contributed by atoms with Crippen LogP contribution in [0.5, 0.6) is 11.5 Å². The third-order valence-corrected chi connectivity index (χ3v) is 6.45. The van der Waals surface area contributed by atoms with Crippen LogP contribution < -0.4 is 14.8 Å². The van der Waals surface area contributed by atoms with Gasteiger partial charge in [0.05, 0.1) is 17.7 Å². The second-order valence-electron chi connectivity index (χ2n) is 8.79. The fourth-order valence-electron chi connectivity index (χ4n) is 4.50. The van der Waals surface area contributed by atoms with Gasteiger partial charge in [0.2, 0.25) is 0 Å². The van der Waals surface area contributed by atoms with Gasteiger partial charge < -0.3 is 19.9 Å². The maximum Gasteiger partial charge on any atom is 0.320 e. The highest BCUT2D eigenvalue weighted by molar-refractivity contribution is 5.78. The summed E-state index contributed by atoms with van der Waals surface area (Å²) in [4.78, 5) is 13.7. The molecule has 1 atom stereocenters. The molecular formula is C20H23N3O4. The molecule has 5 rings (SSSR count). The maximum absolute atomic E-state index is 12.2. The molecule has 1 spiro atoms. The lowest BCUT2D eigenvalue weighted by Crippen LogP contribution is -2.54. The summed E-state index contributed by atoms with van der Waals surface area (Å²) in [5, 5.41) is 22.6. The largest absolute Gasteiger partial charge is 0.491 e. The lowest BCUT2D eigenvalue weighted by Gasteiger charge is -2.42. The zero-order chi connectivity index (χ0) is 19.0. The molecule has 2 aliphatic carbocycles. The van der Waals surface area contributed by atoms with Crippen LogP contribution in [0.25, 0.3) is 0 Å². The van der Waals surface area contributed by atoms with E-state index >= 15 is 0 Å². The summed E-state index contributed by atoms with van der Waals surface area (Å²) in [5.41, 5.74) is 0.986. The molecule has 1 unspecified atom stereocenters. The number of carbonyl (C=O) groups is 1. The zero-order valence-corrected chi connectivity index (χ0v) is 15.5. The van der Waals surface area contributed by atoms with Crippen molar-refractivity contribution >= 4 is 6.03 Å². The molecule has 1 aromatic carbocycles. The van der Waals surface area contributed by atoms with Gasteiger partial charge in [0.15, 0.2) is 6.23 Å². The fraction of sp³-hybridized carbons (Fsp3) is 0.600. The smallest absolute Gasteiger partial charge is 0.320 e. The van der Waals surface area contributed by atoms with E-state index in [0.29, 0.717) is 30.8 Å². The lowest BCUT2D eigenvalue weighted by atomic mass is 9.86. The molecule has 0 radical (unpaired) electrons. The quantitative estimate of drug-likeness (QED) is 0.850. The highest BCUT2D eigenvalue weighted by Gasteiger charge is 2.54. The summed E-state index contributed by atoms with van der Waals surface area (Å²) < 4.78 is 12.1. The van der Waals surface area contributed by atoms with E-state index in [1.165, 1.54) is 4.90 Å². The number of amides is 2. The number of ether oxygens (including phenoxy) is 2. The van der Waals surface area contributed by atoms with Crippen molar-refractivity contribution in [2.24, 2.45) is 0 Å². The van der Waals surface area contributed by atoms with Crippen LogP contribution in [0.3, 0.4) is 0 Å². The second-order valence-corrected chi connectivity index (χ2v) is 8.79. The summed E-state index contributed by atoms with van der Waals surface area (Å²) >= 11 is 0. The van der Waals surface area contributed by atoms with E-state index in [-0.39, 0.29) is 23.6 Å². The number of fused-ring (bicyclic) bond motifs is 2. The third-order valence-electron chi connectivity index (χ3n) is 6.45. The van der Waals surface area contributed by atoms with Crippen LogP contribution in [0.15, 0.2) is 12.1 Å². The summed E-state index contributed by atoms with van der Waals surface area (Å²) in [6, 6.07) is 5.59. The molecule has 1 aromatic rings. The van der Waals surface area contributed by atoms with Gasteiger partial charge in [0.1, 0.15) is 23.7 Å². The molecule has 1 saturated heterocycles. The van der Waals surface area contributed by atoms with Crippen molar-refractivity contribution in [2.75, 3.05) is 6.61 Å². The predicted octanol–water partition coefficient (Wildman–Crippen LogP) is 2.01. The molecule has 2 aliphatic heterocycles. The topological polar surface area (TPSA) is 94.8 Å². The Morgan fingerprint density at radius 3 is 2.70 bits per heavy atom. The molecule has 142 valence electrons. The maximum atomic E-state index is 12.2. The van der Waals surface area contributed by atoms with Crippen LogP contribution in [-0.2, 0) is 5.41 Å². The van der Waals surface area contributed by atoms with Gasteiger partial charge in [-0.05, 0) is 38.8 Å². The molecule has 2 saturated carbocycles. The Bertz CT molecular complexity index is 865. The van der Waals surface area contributed by atoms with Gasteiger partial charge in [-0.15, -0.1) is 0 Å². The van der Waals surface area contributed by atoms with Gasteiger partial charge in [-0.3, -0.25) is 4.90 Å². The van der Waals surface area contributed by atoms with E-state index in [4.69, 9.17) is 9.47 Å². The standard InChI is InChI=1S/C20H23N3O4/c1-19(2)17(24)23(18(25)22-19)12-7-13(8-12)27-14-4-3-11(9-21)16-15(14)20(5-6-20)10-26-16/h3-4,12-13,17,24H,5-8,10H2,1-2H3,(H,22,25)/t12-,13-,17?. The normalized spacial score (nSPS) is 31.6. The third kappa shape index (κ3) is 2.32. The molecule has 2 amide bonds. The number of aliphatic hydroxyl groups excluding tert-OH is 1. The van der Waals surface area contributed by atoms with Crippen molar-refractivity contribution in [2.45, 2.75) is 68.9 Å². The molecule has 2 N–H and O–H groups in total. The monoisotopic (exact) mass is 369 g/mol. The Hall–Kier alpha value is -2.46. The van der Waals surface area contributed by atoms with Gasteiger partial charge in [-0.1, -0.05) is 0 Å². The van der Waals surface area contributed by atoms with Crippen molar-refractivity contribution in [3.05, 3.63) is 23.3 Å². The number of urea groups is 1. The number of rotatable bonds is 3. The summed E-state index contributed by atoms with van der Waals surface area (Å²) in [6.45, 7) is 4.26. The SMILES string of the molecule is CC1(C)NC(=O)N([C@H]2C[C@H](Oc3ccc(C#N)c4c3C3(CC3)CO4)C2)C1O. The molecule has 0 aromatic heterocycles. The van der Waals surface area contributed by atoms with Crippen molar-refractivity contribution in [1.29, 1.82) is 5.26 Å². The Morgan fingerprint density at radius 2 is 2.11 bits per heavy atom. The first-order chi connectivity index (χ1) is 12.8. The first-order valence-electron chi connectivity index (χ1n) is 9.50. The molecule has 4 aliphatic rings. The minimum atomic E-state index is -0.835. The average Bonchev–Trinajstić information content (AvgIpc) is 3.21. The number of nitriles is 1. The summed E-state index contributed by atoms with van der Waals surface area (Å²) in [7, 11) is 0. The van der Waals surface area contributed by atoms with E-state index in [1.807, 2.05) is 19.9 Å². The van der Waals surface area contributed by atoms with Crippen LogP contribution >= 0.6 is 0 Å². The first kappa shape index (κ1) is 16.7. The molecule has 0 bridgehead atoms. The number of hydrogen-bond acceptors (Lipinski definition) is 5. The highest BCUT2D eigenvalue weighted by Crippen LogP contribution is 2.59. The number of hydrogen-bond donors (Lipinski definition) is 2. The minimum Gasteiger partial charge on any atom is -0.491 e. The van der Waals surface area contributed by atoms with E-state index in [9.17, 15) is 15.2 Å². The van der Waals surface area contributed by atoms with Crippen molar-refractivity contribution < 1.29 is 19.4 Å². The van der Waals surface area contributed by atoms with E-state index in [1.54, 1.807) is 6.07 Å². The van der Waals surface area contributed by atoms with Crippen LogP contribution in [-0.4, -0.2) is 46.6 Å². The van der Waals surface area contributed by atoms with Crippen molar-refractivity contribution in [3.63, 3.8) is 0 Å². The van der Waals surface area contributed by atoms with Gasteiger partial charge in [0.25, 0.3) is 0 Å². The fourth-order valence-corrected chi connectivity index (χ4v) is 4.50. The van der Waals surface area contributed by atoms with Gasteiger partial charge in [-0.2, -0.15) is 5.26 Å². The number of aliphatic hydroxyl groups is 1. The van der Waals surface area contributed by atoms with Crippen LogP contribution in [0, 0.1) is 11.3 Å². The van der Waals surface area contributed by atoms with Crippen molar-refractivity contribution in [3.8, 4) is 17.6 Å². The second kappa shape index (κ2) is 5.29. The molecule has 27 heavy (non-hydrogen) atoms. The minimum absolute atomic E-state index is 0.00727. The predicted molar refractivity (Wildman–Crippen MR) is 95.5 cm³/mol. The Kier molecular flexibility index (Phi) is 3.27. The van der Waals surface area contributed by atoms with E-state index < -0.39 is 11.8 Å². The Morgan fingerprint density at radius 1 is 1.37 bits per heavy atom. The van der Waals surface area contributed by atoms with E-state index in [2.05, 4.69) is 11.4 Å². The highest BCUT2D eigenvalue weighted by atomic mass is 16.5. The van der Waals surface area contributed by atoms with Crippen molar-refractivity contribution in [1.82, 2.24) is 10.2 Å². The molecule has 3 fully saturated rings. The summed E-state index contributed by atoms with van der Waals surface area (Å²) in [5.74, 6) is 1.48. The number of benzene rings is 1. The Labute approximate surface area is 157 Å². The zero-order valence-electron chi connectivity index (χ0n) is 15.5. The Balaban J connectivity index is 1.31. The molecular weight excluding hydrogens is 346 g/mol. The van der Waals surface area contributed by atoms with E-state index in [0.717, 1.165) is 24.2 Å². The first-order valence-corrected chi connectivity index (χ1v) is 9.50. The number of carbonyl (C=O) groups excluding carboxylic acids is 1. The lowest BCUT2D eigenvalue weighted by molar-refractivity contribution is -0.0520. The van der Waals surface area contributed by atoms with Gasteiger partial charge in [0, 0.05) is 29.9 Å². The van der Waals surface area contributed by atoms with Crippen LogP contribution in [0.4, 0.5) is 4.79 Å². The van der Waals surface area contributed by atoms with Gasteiger partial charge in [-0.25, -0.2) is 4.79 Å². The van der Waals surface area contributed by atoms with Crippen LogP contribution in [0.2, 0.25) is 0 Å². The molecule has 7 heteroatoms.